The van der Waals surface area contributed by atoms with E-state index in [0.717, 1.165) is 17.8 Å². The van der Waals surface area contributed by atoms with Gasteiger partial charge in [0.2, 0.25) is 0 Å². The SMILES string of the molecule is COCc1ccccc1NC(N)=NCC1CCCc2ccccc21. The van der Waals surface area contributed by atoms with Crippen LogP contribution in [-0.2, 0) is 17.8 Å². The van der Waals surface area contributed by atoms with E-state index in [0.29, 0.717) is 18.5 Å². The number of rotatable bonds is 5. The van der Waals surface area contributed by atoms with Crippen LogP contribution in [0.25, 0.3) is 0 Å². The second-order valence-electron chi connectivity index (χ2n) is 6.23. The standard InChI is InChI=1S/C20H25N3O/c1-24-14-17-8-3-5-12-19(17)23-20(21)22-13-16-10-6-9-15-7-2-4-11-18(15)16/h2-5,7-8,11-12,16H,6,9-10,13-14H2,1H3,(H3,21,22,23). The van der Waals surface area contributed by atoms with Crippen LogP contribution in [0.1, 0.15) is 35.4 Å². The van der Waals surface area contributed by atoms with Crippen molar-refractivity contribution in [3.05, 3.63) is 65.2 Å². The van der Waals surface area contributed by atoms with Gasteiger partial charge in [-0.1, -0.05) is 42.5 Å². The molecule has 0 aliphatic heterocycles. The van der Waals surface area contributed by atoms with Gasteiger partial charge in [0.15, 0.2) is 5.96 Å². The molecule has 0 amide bonds. The number of benzene rings is 2. The minimum Gasteiger partial charge on any atom is -0.380 e. The predicted octanol–water partition coefficient (Wildman–Crippen LogP) is 3.68. The number of fused-ring (bicyclic) bond motifs is 1. The Bertz CT molecular complexity index is 712. The van der Waals surface area contributed by atoms with E-state index in [4.69, 9.17) is 10.5 Å². The largest absolute Gasteiger partial charge is 0.380 e. The fourth-order valence-electron chi connectivity index (χ4n) is 3.35. The molecule has 0 bridgehead atoms. The Hall–Kier alpha value is -2.33. The Morgan fingerprint density at radius 1 is 1.21 bits per heavy atom. The molecule has 1 unspecified atom stereocenters. The molecule has 4 heteroatoms. The number of nitrogens with two attached hydrogens (primary N) is 1. The maximum absolute atomic E-state index is 6.11. The van der Waals surface area contributed by atoms with E-state index < -0.39 is 0 Å². The number of ether oxygens (including phenoxy) is 1. The third-order valence-electron chi connectivity index (χ3n) is 4.56. The van der Waals surface area contributed by atoms with Crippen LogP contribution < -0.4 is 11.1 Å². The van der Waals surface area contributed by atoms with E-state index in [1.165, 1.54) is 30.4 Å². The van der Waals surface area contributed by atoms with Gasteiger partial charge in [0, 0.05) is 30.8 Å². The molecule has 1 aliphatic carbocycles. The molecule has 1 atom stereocenters. The Balaban J connectivity index is 1.68. The topological polar surface area (TPSA) is 59.6 Å². The highest BCUT2D eigenvalue weighted by atomic mass is 16.5. The first-order chi connectivity index (χ1) is 11.8. The van der Waals surface area contributed by atoms with Gasteiger partial charge in [-0.25, -0.2) is 0 Å². The molecule has 24 heavy (non-hydrogen) atoms. The quantitative estimate of drug-likeness (QED) is 0.652. The fourth-order valence-corrected chi connectivity index (χ4v) is 3.35. The number of guanidine groups is 1. The highest BCUT2D eigenvalue weighted by Gasteiger charge is 2.19. The summed E-state index contributed by atoms with van der Waals surface area (Å²) >= 11 is 0. The van der Waals surface area contributed by atoms with E-state index in [1.54, 1.807) is 7.11 Å². The maximum atomic E-state index is 6.11. The monoisotopic (exact) mass is 323 g/mol. The van der Waals surface area contributed by atoms with Crippen molar-refractivity contribution in [3.63, 3.8) is 0 Å². The van der Waals surface area contributed by atoms with Gasteiger partial charge >= 0.3 is 0 Å². The number of methoxy groups -OCH3 is 1. The summed E-state index contributed by atoms with van der Waals surface area (Å²) in [4.78, 5) is 4.59. The molecule has 3 N–H and O–H groups in total. The Kier molecular flexibility index (Phi) is 5.49. The van der Waals surface area contributed by atoms with Gasteiger partial charge in [-0.05, 0) is 36.5 Å². The molecular weight excluding hydrogens is 298 g/mol. The molecule has 126 valence electrons. The average molecular weight is 323 g/mol. The third-order valence-corrected chi connectivity index (χ3v) is 4.56. The van der Waals surface area contributed by atoms with Gasteiger partial charge in [0.1, 0.15) is 0 Å². The second kappa shape index (κ2) is 7.97. The molecule has 0 heterocycles. The highest BCUT2D eigenvalue weighted by molar-refractivity contribution is 5.93. The number of aryl methyl sites for hydroxylation is 1. The molecule has 4 nitrogen and oxygen atoms in total. The number of nitrogens with zero attached hydrogens (tertiary/aromatic N) is 1. The summed E-state index contributed by atoms with van der Waals surface area (Å²) in [5, 5.41) is 3.21. The zero-order chi connectivity index (χ0) is 16.8. The number of anilines is 1. The van der Waals surface area contributed by atoms with E-state index in [-0.39, 0.29) is 0 Å². The summed E-state index contributed by atoms with van der Waals surface area (Å²) in [6.07, 6.45) is 3.57. The van der Waals surface area contributed by atoms with Crippen molar-refractivity contribution in [1.29, 1.82) is 0 Å². The van der Waals surface area contributed by atoms with Crippen LogP contribution in [0.5, 0.6) is 0 Å². The lowest BCUT2D eigenvalue weighted by molar-refractivity contribution is 0.185. The van der Waals surface area contributed by atoms with Crippen molar-refractivity contribution in [2.75, 3.05) is 19.0 Å². The van der Waals surface area contributed by atoms with Gasteiger partial charge < -0.3 is 15.8 Å². The Labute approximate surface area is 143 Å². The third kappa shape index (κ3) is 3.95. The summed E-state index contributed by atoms with van der Waals surface area (Å²) < 4.78 is 5.22. The van der Waals surface area contributed by atoms with Crippen LogP contribution in [-0.4, -0.2) is 19.6 Å². The smallest absolute Gasteiger partial charge is 0.193 e. The minimum atomic E-state index is 0.460. The summed E-state index contributed by atoms with van der Waals surface area (Å²) in [6, 6.07) is 16.7. The fraction of sp³-hybridized carbons (Fsp3) is 0.350. The molecule has 0 spiro atoms. The van der Waals surface area contributed by atoms with Crippen molar-refractivity contribution in [2.45, 2.75) is 31.8 Å². The van der Waals surface area contributed by atoms with Gasteiger partial charge in [0.05, 0.1) is 6.61 Å². The summed E-state index contributed by atoms with van der Waals surface area (Å²) in [5.41, 5.74) is 11.0. The van der Waals surface area contributed by atoms with Crippen LogP contribution in [0.3, 0.4) is 0 Å². The first kappa shape index (κ1) is 16.5. The first-order valence-electron chi connectivity index (χ1n) is 8.49. The van der Waals surface area contributed by atoms with E-state index in [9.17, 15) is 0 Å². The van der Waals surface area contributed by atoms with Crippen molar-refractivity contribution in [2.24, 2.45) is 10.7 Å². The zero-order valence-corrected chi connectivity index (χ0v) is 14.2. The maximum Gasteiger partial charge on any atom is 0.193 e. The normalized spacial score (nSPS) is 17.4. The highest BCUT2D eigenvalue weighted by Crippen LogP contribution is 2.31. The molecule has 0 aromatic heterocycles. The van der Waals surface area contributed by atoms with Gasteiger partial charge in [-0.3, -0.25) is 4.99 Å². The average Bonchev–Trinajstić information content (AvgIpc) is 2.62. The van der Waals surface area contributed by atoms with E-state index >= 15 is 0 Å². The second-order valence-corrected chi connectivity index (χ2v) is 6.23. The molecule has 2 aromatic carbocycles. The van der Waals surface area contributed by atoms with Crippen LogP contribution in [0, 0.1) is 0 Å². The number of hydrogen-bond acceptors (Lipinski definition) is 2. The number of para-hydroxylation sites is 1. The minimum absolute atomic E-state index is 0.460. The molecule has 3 rings (SSSR count). The Morgan fingerprint density at radius 3 is 2.88 bits per heavy atom. The van der Waals surface area contributed by atoms with Crippen molar-refractivity contribution in [1.82, 2.24) is 0 Å². The van der Waals surface area contributed by atoms with Gasteiger partial charge in [0.25, 0.3) is 0 Å². The molecule has 1 aliphatic rings. The first-order valence-corrected chi connectivity index (χ1v) is 8.49. The van der Waals surface area contributed by atoms with E-state index in [1.807, 2.05) is 24.3 Å². The molecular formula is C20H25N3O. The lowest BCUT2D eigenvalue weighted by Gasteiger charge is -2.24. The molecule has 0 saturated carbocycles. The number of aliphatic imine (C=N–C) groups is 1. The molecule has 0 saturated heterocycles. The van der Waals surface area contributed by atoms with Crippen molar-refractivity contribution < 1.29 is 4.74 Å². The van der Waals surface area contributed by atoms with Crippen LogP contribution >= 0.6 is 0 Å². The van der Waals surface area contributed by atoms with Crippen LogP contribution in [0.2, 0.25) is 0 Å². The lowest BCUT2D eigenvalue weighted by atomic mass is 9.83. The number of hydrogen-bond donors (Lipinski definition) is 2. The van der Waals surface area contributed by atoms with Crippen LogP contribution in [0.4, 0.5) is 5.69 Å². The molecule has 0 fully saturated rings. The Morgan fingerprint density at radius 2 is 2.00 bits per heavy atom. The van der Waals surface area contributed by atoms with Crippen LogP contribution in [0.15, 0.2) is 53.5 Å². The zero-order valence-electron chi connectivity index (χ0n) is 14.2. The summed E-state index contributed by atoms with van der Waals surface area (Å²) in [7, 11) is 1.69. The predicted molar refractivity (Wildman–Crippen MR) is 99.4 cm³/mol. The van der Waals surface area contributed by atoms with Gasteiger partial charge in [-0.2, -0.15) is 0 Å². The summed E-state index contributed by atoms with van der Waals surface area (Å²) in [6.45, 7) is 1.27. The summed E-state index contributed by atoms with van der Waals surface area (Å²) in [5.74, 6) is 0.922. The van der Waals surface area contributed by atoms with Gasteiger partial charge in [-0.15, -0.1) is 0 Å². The molecule has 0 radical (unpaired) electrons. The van der Waals surface area contributed by atoms with Crippen molar-refractivity contribution in [3.8, 4) is 0 Å². The molecule has 2 aromatic rings. The number of nitrogens with one attached hydrogen (secondary N) is 1. The lowest BCUT2D eigenvalue weighted by Crippen LogP contribution is -2.25. The van der Waals surface area contributed by atoms with E-state index in [2.05, 4.69) is 34.6 Å². The van der Waals surface area contributed by atoms with Crippen molar-refractivity contribution >= 4 is 11.6 Å².